The van der Waals surface area contributed by atoms with Crippen molar-refractivity contribution in [3.8, 4) is 0 Å². The van der Waals surface area contributed by atoms with Crippen LogP contribution < -0.4 is 11.2 Å². The molecule has 2 heterocycles. The Labute approximate surface area is 166 Å². The average molecular weight is 392 g/mol. The third-order valence-electron chi connectivity index (χ3n) is 5.01. The number of hydrogen-bond acceptors (Lipinski definition) is 3. The van der Waals surface area contributed by atoms with E-state index in [-0.39, 0.29) is 17.9 Å². The largest absolute Gasteiger partial charge is 0.332 e. The highest BCUT2D eigenvalue weighted by Crippen LogP contribution is 2.15. The maximum absolute atomic E-state index is 13.3. The second-order valence-corrected chi connectivity index (χ2v) is 6.97. The number of nitrogens with zero attached hydrogens (tertiary/aromatic N) is 4. The summed E-state index contributed by atoms with van der Waals surface area (Å²) in [5.41, 5.74) is 2.43. The molecule has 0 atom stereocenters. The zero-order valence-corrected chi connectivity index (χ0v) is 16.3. The van der Waals surface area contributed by atoms with Gasteiger partial charge in [0, 0.05) is 6.54 Å². The first kappa shape index (κ1) is 18.9. The molecule has 0 fully saturated rings. The van der Waals surface area contributed by atoms with E-state index in [1.165, 1.54) is 16.7 Å². The molecule has 29 heavy (non-hydrogen) atoms. The van der Waals surface area contributed by atoms with Crippen LogP contribution in [0.1, 0.15) is 23.7 Å². The van der Waals surface area contributed by atoms with Crippen LogP contribution in [0.4, 0.5) is 4.39 Å². The van der Waals surface area contributed by atoms with Crippen molar-refractivity contribution in [3.63, 3.8) is 0 Å². The summed E-state index contributed by atoms with van der Waals surface area (Å²) in [5.74, 6) is -0.363. The first-order chi connectivity index (χ1) is 14.0. The predicted octanol–water partition coefficient (Wildman–Crippen LogP) is 2.92. The summed E-state index contributed by atoms with van der Waals surface area (Å²) in [4.78, 5) is 26.6. The van der Waals surface area contributed by atoms with Crippen molar-refractivity contribution in [3.05, 3.63) is 98.1 Å². The van der Waals surface area contributed by atoms with Gasteiger partial charge in [-0.2, -0.15) is 5.10 Å². The quantitative estimate of drug-likeness (QED) is 0.525. The highest BCUT2D eigenvalue weighted by Gasteiger charge is 2.20. The third-order valence-corrected chi connectivity index (χ3v) is 5.01. The van der Waals surface area contributed by atoms with Crippen LogP contribution in [0.15, 0.2) is 64.2 Å². The fourth-order valence-corrected chi connectivity index (χ4v) is 3.62. The van der Waals surface area contributed by atoms with Gasteiger partial charge in [-0.15, -0.1) is 0 Å². The van der Waals surface area contributed by atoms with E-state index in [9.17, 15) is 14.0 Å². The number of hydrogen-bond donors (Lipinski definition) is 0. The minimum absolute atomic E-state index is 0.0661. The fraction of sp³-hybridized carbons (Fsp3) is 0.227. The maximum Gasteiger partial charge on any atom is 0.332 e. The minimum Gasteiger partial charge on any atom is -0.285 e. The smallest absolute Gasteiger partial charge is 0.285 e. The zero-order chi connectivity index (χ0) is 20.5. The molecule has 0 aliphatic carbocycles. The second kappa shape index (κ2) is 7.50. The summed E-state index contributed by atoms with van der Waals surface area (Å²) in [6, 6.07) is 15.4. The van der Waals surface area contributed by atoms with Crippen molar-refractivity contribution in [2.75, 3.05) is 0 Å². The van der Waals surface area contributed by atoms with Gasteiger partial charge in [-0.25, -0.2) is 9.18 Å². The standard InChI is InChI=1S/C22H21FN4O2/c1-3-27-20-19(15(2)24-27)25(13-16-7-5-4-6-8-16)22(29)26(21(20)28)14-17-9-11-18(23)12-10-17/h4-12H,3,13-14H2,1-2H3. The van der Waals surface area contributed by atoms with E-state index in [0.29, 0.717) is 35.4 Å². The third kappa shape index (κ3) is 3.40. The van der Waals surface area contributed by atoms with Gasteiger partial charge in [0.1, 0.15) is 5.82 Å². The molecule has 2 aromatic carbocycles. The van der Waals surface area contributed by atoms with Gasteiger partial charge in [-0.3, -0.25) is 18.6 Å². The lowest BCUT2D eigenvalue weighted by Gasteiger charge is -2.13. The lowest BCUT2D eigenvalue weighted by molar-refractivity contribution is 0.615. The van der Waals surface area contributed by atoms with Crippen LogP contribution >= 0.6 is 0 Å². The second-order valence-electron chi connectivity index (χ2n) is 6.97. The summed E-state index contributed by atoms with van der Waals surface area (Å²) < 4.78 is 17.7. The van der Waals surface area contributed by atoms with Crippen molar-refractivity contribution in [2.45, 2.75) is 33.5 Å². The van der Waals surface area contributed by atoms with E-state index in [2.05, 4.69) is 5.10 Å². The van der Waals surface area contributed by atoms with Gasteiger partial charge in [0.25, 0.3) is 5.56 Å². The van der Waals surface area contributed by atoms with Crippen molar-refractivity contribution in [2.24, 2.45) is 0 Å². The number of aryl methyl sites for hydroxylation is 2. The lowest BCUT2D eigenvalue weighted by Crippen LogP contribution is -2.41. The van der Waals surface area contributed by atoms with E-state index < -0.39 is 5.69 Å². The van der Waals surface area contributed by atoms with Gasteiger partial charge in [0.2, 0.25) is 0 Å². The summed E-state index contributed by atoms with van der Waals surface area (Å²) in [6.45, 7) is 4.62. The molecule has 0 bridgehead atoms. The molecule has 0 saturated carbocycles. The molecular weight excluding hydrogens is 371 g/mol. The van der Waals surface area contributed by atoms with Gasteiger partial charge < -0.3 is 0 Å². The van der Waals surface area contributed by atoms with Crippen molar-refractivity contribution in [1.29, 1.82) is 0 Å². The molecule has 0 saturated heterocycles. The van der Waals surface area contributed by atoms with Crippen LogP contribution in [0.5, 0.6) is 0 Å². The summed E-state index contributed by atoms with van der Waals surface area (Å²) in [5, 5.41) is 4.47. The molecule has 6 nitrogen and oxygen atoms in total. The van der Waals surface area contributed by atoms with Crippen LogP contribution in [0.3, 0.4) is 0 Å². The monoisotopic (exact) mass is 392 g/mol. The molecule has 0 aliphatic rings. The van der Waals surface area contributed by atoms with Gasteiger partial charge >= 0.3 is 5.69 Å². The fourth-order valence-electron chi connectivity index (χ4n) is 3.62. The molecule has 7 heteroatoms. The maximum atomic E-state index is 13.3. The Kier molecular flexibility index (Phi) is 4.88. The van der Waals surface area contributed by atoms with E-state index in [4.69, 9.17) is 0 Å². The van der Waals surface area contributed by atoms with Crippen LogP contribution in [-0.2, 0) is 19.6 Å². The molecule has 0 unspecified atom stereocenters. The van der Waals surface area contributed by atoms with Crippen LogP contribution in [0.2, 0.25) is 0 Å². The normalized spacial score (nSPS) is 11.3. The molecule has 0 aliphatic heterocycles. The van der Waals surface area contributed by atoms with Crippen LogP contribution in [0, 0.1) is 12.7 Å². The van der Waals surface area contributed by atoms with Crippen molar-refractivity contribution >= 4 is 11.0 Å². The molecule has 2 aromatic heterocycles. The first-order valence-electron chi connectivity index (χ1n) is 9.48. The summed E-state index contributed by atoms with van der Waals surface area (Å²) in [6.07, 6.45) is 0. The molecule has 0 spiro atoms. The van der Waals surface area contributed by atoms with Gasteiger partial charge in [-0.1, -0.05) is 42.5 Å². The molecule has 0 N–H and O–H groups in total. The Morgan fingerprint density at radius 2 is 1.48 bits per heavy atom. The first-order valence-corrected chi connectivity index (χ1v) is 9.48. The number of fused-ring (bicyclic) bond motifs is 1. The Hall–Kier alpha value is -3.48. The van der Waals surface area contributed by atoms with E-state index in [0.717, 1.165) is 5.56 Å². The number of aromatic nitrogens is 4. The Morgan fingerprint density at radius 3 is 2.14 bits per heavy atom. The Balaban J connectivity index is 1.97. The SMILES string of the molecule is CCn1nc(C)c2c1c(=O)n(Cc1ccc(F)cc1)c(=O)n2Cc1ccccc1. The number of rotatable bonds is 5. The lowest BCUT2D eigenvalue weighted by atomic mass is 10.2. The Bertz CT molecular complexity index is 1290. The molecule has 4 rings (SSSR count). The molecule has 148 valence electrons. The zero-order valence-electron chi connectivity index (χ0n) is 16.3. The predicted molar refractivity (Wildman–Crippen MR) is 110 cm³/mol. The van der Waals surface area contributed by atoms with Gasteiger partial charge in [-0.05, 0) is 37.1 Å². The Morgan fingerprint density at radius 1 is 0.862 bits per heavy atom. The summed E-state index contributed by atoms with van der Waals surface area (Å²) >= 11 is 0. The van der Waals surface area contributed by atoms with E-state index in [1.807, 2.05) is 37.3 Å². The number of halogens is 1. The van der Waals surface area contributed by atoms with Crippen LogP contribution in [-0.4, -0.2) is 18.9 Å². The van der Waals surface area contributed by atoms with Crippen molar-refractivity contribution in [1.82, 2.24) is 18.9 Å². The van der Waals surface area contributed by atoms with E-state index in [1.54, 1.807) is 28.3 Å². The molecule has 0 amide bonds. The highest BCUT2D eigenvalue weighted by atomic mass is 19.1. The van der Waals surface area contributed by atoms with Crippen LogP contribution in [0.25, 0.3) is 11.0 Å². The van der Waals surface area contributed by atoms with Crippen molar-refractivity contribution < 1.29 is 4.39 Å². The van der Waals surface area contributed by atoms with Gasteiger partial charge in [0.05, 0.1) is 24.3 Å². The minimum atomic E-state index is -0.408. The molecule has 0 radical (unpaired) electrons. The average Bonchev–Trinajstić information content (AvgIpc) is 3.07. The molecular formula is C22H21FN4O2. The number of benzene rings is 2. The van der Waals surface area contributed by atoms with Gasteiger partial charge in [0.15, 0.2) is 5.52 Å². The highest BCUT2D eigenvalue weighted by molar-refractivity contribution is 5.77. The topological polar surface area (TPSA) is 61.8 Å². The molecule has 4 aromatic rings. The van der Waals surface area contributed by atoms with E-state index >= 15 is 0 Å². The summed E-state index contributed by atoms with van der Waals surface area (Å²) in [7, 11) is 0.